The lowest BCUT2D eigenvalue weighted by atomic mass is 9.51. The number of carbonyl (C=O) groups excluding carboxylic acids is 1. The van der Waals surface area contributed by atoms with Crippen LogP contribution < -0.4 is 8.92 Å². The van der Waals surface area contributed by atoms with E-state index in [0.29, 0.717) is 24.9 Å². The van der Waals surface area contributed by atoms with Gasteiger partial charge < -0.3 is 14.0 Å². The van der Waals surface area contributed by atoms with Gasteiger partial charge in [-0.05, 0) is 50.2 Å². The third kappa shape index (κ3) is 1.74. The summed E-state index contributed by atoms with van der Waals surface area (Å²) in [7, 11) is -2.82. The van der Waals surface area contributed by atoms with Crippen molar-refractivity contribution in [3.05, 3.63) is 35.4 Å². The van der Waals surface area contributed by atoms with Gasteiger partial charge in [0.2, 0.25) is 0 Å². The second-order valence-electron chi connectivity index (χ2n) is 7.42. The molecule has 1 saturated heterocycles. The van der Waals surface area contributed by atoms with Gasteiger partial charge in [0.1, 0.15) is 5.60 Å². The number of hydrogen-bond acceptors (Lipinski definition) is 7. The molecular weight excluding hydrogens is 362 g/mol. The molecule has 2 N–H and O–H groups in total. The summed E-state index contributed by atoms with van der Waals surface area (Å²) >= 11 is 0. The van der Waals surface area contributed by atoms with Crippen molar-refractivity contribution in [1.82, 2.24) is 4.90 Å². The van der Waals surface area contributed by atoms with E-state index in [1.54, 1.807) is 12.1 Å². The standard InChI is InChI=1S/C17H17NO7S/c1-18-7-6-16-13-9-2-3-11(25-26(21,22)23)14(13)24-15(16)10(19)4-5-17(16,20)12(18)8-9/h2-5,12,15,20H,6-8H2,1H3,(H,21,22,23)/t12-,15+,16+,17-/m1/s1. The zero-order chi connectivity index (χ0) is 18.5. The second kappa shape index (κ2) is 4.66. The van der Waals surface area contributed by atoms with Gasteiger partial charge in [-0.1, -0.05) is 6.07 Å². The van der Waals surface area contributed by atoms with Crippen LogP contribution in [0.15, 0.2) is 24.3 Å². The van der Waals surface area contributed by atoms with Crippen molar-refractivity contribution in [2.45, 2.75) is 36.0 Å². The summed E-state index contributed by atoms with van der Waals surface area (Å²) in [6, 6.07) is 2.90. The summed E-state index contributed by atoms with van der Waals surface area (Å²) in [5, 5.41) is 11.7. The minimum atomic E-state index is -4.75. The van der Waals surface area contributed by atoms with Gasteiger partial charge in [0.25, 0.3) is 0 Å². The molecule has 4 atom stereocenters. The molecule has 2 bridgehead atoms. The largest absolute Gasteiger partial charge is 0.477 e. The van der Waals surface area contributed by atoms with E-state index in [0.717, 1.165) is 5.56 Å². The van der Waals surface area contributed by atoms with Gasteiger partial charge in [-0.25, -0.2) is 0 Å². The average Bonchev–Trinajstić information content (AvgIpc) is 2.90. The lowest BCUT2D eigenvalue weighted by molar-refractivity contribution is -0.151. The highest BCUT2D eigenvalue weighted by Crippen LogP contribution is 2.63. The SMILES string of the molecule is CN1CC[C@]23c4c5ccc(OS(=O)(=O)O)c4O[C@H]2C(=O)C=C[C@@]3(O)[C@H]1C5. The zero-order valence-electron chi connectivity index (χ0n) is 13.9. The van der Waals surface area contributed by atoms with E-state index in [1.807, 2.05) is 7.05 Å². The summed E-state index contributed by atoms with van der Waals surface area (Å²) in [4.78, 5) is 14.7. The molecule has 2 aliphatic carbocycles. The van der Waals surface area contributed by atoms with Crippen LogP contribution >= 0.6 is 0 Å². The number of likely N-dealkylation sites (N-methyl/N-ethyl adjacent to an activating group) is 1. The number of benzene rings is 1. The molecular formula is C17H17NO7S. The minimum absolute atomic E-state index is 0.114. The highest BCUT2D eigenvalue weighted by atomic mass is 32.3. The Bertz CT molecular complexity index is 987. The van der Waals surface area contributed by atoms with Crippen molar-refractivity contribution < 1.29 is 31.8 Å². The van der Waals surface area contributed by atoms with E-state index >= 15 is 0 Å². The third-order valence-corrected chi connectivity index (χ3v) is 6.71. The number of ether oxygens (including phenoxy) is 1. The first-order chi connectivity index (χ1) is 12.2. The summed E-state index contributed by atoms with van der Waals surface area (Å²) < 4.78 is 42.0. The molecule has 0 radical (unpaired) electrons. The number of likely N-dealkylation sites (tertiary alicyclic amines) is 1. The molecule has 8 nitrogen and oxygen atoms in total. The Morgan fingerprint density at radius 3 is 2.88 bits per heavy atom. The fourth-order valence-electron chi connectivity index (χ4n) is 5.29. The van der Waals surface area contributed by atoms with E-state index < -0.39 is 27.5 Å². The Labute approximate surface area is 150 Å². The maximum absolute atomic E-state index is 12.6. The van der Waals surface area contributed by atoms with E-state index in [-0.39, 0.29) is 23.3 Å². The summed E-state index contributed by atoms with van der Waals surface area (Å²) in [5.74, 6) is -0.342. The maximum Gasteiger partial charge on any atom is 0.446 e. The normalized spacial score (nSPS) is 37.3. The monoisotopic (exact) mass is 379 g/mol. The molecule has 138 valence electrons. The average molecular weight is 379 g/mol. The van der Waals surface area contributed by atoms with Crippen molar-refractivity contribution >= 4 is 16.2 Å². The molecule has 1 aromatic carbocycles. The van der Waals surface area contributed by atoms with Crippen molar-refractivity contribution in [1.29, 1.82) is 0 Å². The molecule has 0 amide bonds. The molecule has 26 heavy (non-hydrogen) atoms. The molecule has 1 aromatic rings. The number of rotatable bonds is 2. The fourth-order valence-corrected chi connectivity index (χ4v) is 5.65. The van der Waals surface area contributed by atoms with Crippen LogP contribution in [0.3, 0.4) is 0 Å². The van der Waals surface area contributed by atoms with Crippen LogP contribution in [0.25, 0.3) is 0 Å². The van der Waals surface area contributed by atoms with Crippen molar-refractivity contribution in [3.8, 4) is 11.5 Å². The first kappa shape index (κ1) is 16.2. The molecule has 0 saturated carbocycles. The van der Waals surface area contributed by atoms with Crippen molar-refractivity contribution in [2.75, 3.05) is 13.6 Å². The molecule has 9 heteroatoms. The number of ketones is 1. The Kier molecular flexibility index (Phi) is 2.91. The lowest BCUT2D eigenvalue weighted by Gasteiger charge is -2.60. The van der Waals surface area contributed by atoms with Gasteiger partial charge in [-0.15, -0.1) is 0 Å². The van der Waals surface area contributed by atoms with Crippen LogP contribution in [-0.4, -0.2) is 60.1 Å². The predicted octanol–water partition coefficient (Wildman–Crippen LogP) is -0.00280. The van der Waals surface area contributed by atoms with Crippen LogP contribution in [0.2, 0.25) is 0 Å². The van der Waals surface area contributed by atoms with E-state index in [4.69, 9.17) is 9.29 Å². The summed E-state index contributed by atoms with van der Waals surface area (Å²) in [6.07, 6.45) is 2.96. The molecule has 0 aromatic heterocycles. The summed E-state index contributed by atoms with van der Waals surface area (Å²) in [5.41, 5.74) is -0.798. The van der Waals surface area contributed by atoms with E-state index in [1.165, 1.54) is 12.1 Å². The number of hydrogen-bond donors (Lipinski definition) is 2. The van der Waals surface area contributed by atoms with Crippen LogP contribution in [0.5, 0.6) is 11.5 Å². The quantitative estimate of drug-likeness (QED) is 0.690. The molecule has 1 fully saturated rings. The topological polar surface area (TPSA) is 113 Å². The molecule has 2 heterocycles. The van der Waals surface area contributed by atoms with Gasteiger partial charge in [0.05, 0.1) is 5.41 Å². The minimum Gasteiger partial charge on any atom is -0.477 e. The van der Waals surface area contributed by atoms with Crippen LogP contribution in [-0.2, 0) is 27.0 Å². The first-order valence-electron chi connectivity index (χ1n) is 8.33. The van der Waals surface area contributed by atoms with Crippen molar-refractivity contribution in [2.24, 2.45) is 0 Å². The first-order valence-corrected chi connectivity index (χ1v) is 9.69. The van der Waals surface area contributed by atoms with E-state index in [2.05, 4.69) is 9.08 Å². The number of aliphatic hydroxyl groups is 1. The highest BCUT2D eigenvalue weighted by molar-refractivity contribution is 7.81. The maximum atomic E-state index is 12.6. The van der Waals surface area contributed by atoms with Gasteiger partial charge >= 0.3 is 10.4 Å². The predicted molar refractivity (Wildman–Crippen MR) is 88.5 cm³/mol. The summed E-state index contributed by atoms with van der Waals surface area (Å²) in [6.45, 7) is 0.663. The lowest BCUT2D eigenvalue weighted by Crippen LogP contribution is -2.74. The van der Waals surface area contributed by atoms with Crippen molar-refractivity contribution in [3.63, 3.8) is 0 Å². The molecule has 4 aliphatic rings. The zero-order valence-corrected chi connectivity index (χ0v) is 14.7. The smallest absolute Gasteiger partial charge is 0.446 e. The van der Waals surface area contributed by atoms with Crippen LogP contribution in [0.1, 0.15) is 17.5 Å². The Hall–Kier alpha value is -1.94. The second-order valence-corrected chi connectivity index (χ2v) is 8.44. The van der Waals surface area contributed by atoms with Crippen LogP contribution in [0.4, 0.5) is 0 Å². The number of carbonyl (C=O) groups is 1. The molecule has 1 spiro atoms. The number of nitrogens with zero attached hydrogens (tertiary/aromatic N) is 1. The van der Waals surface area contributed by atoms with Crippen LogP contribution in [0, 0.1) is 0 Å². The van der Waals surface area contributed by atoms with Gasteiger partial charge in [-0.2, -0.15) is 8.42 Å². The van der Waals surface area contributed by atoms with Gasteiger partial charge in [0.15, 0.2) is 23.4 Å². The highest BCUT2D eigenvalue weighted by Gasteiger charge is 2.71. The Morgan fingerprint density at radius 2 is 2.15 bits per heavy atom. The van der Waals surface area contributed by atoms with Gasteiger partial charge in [0, 0.05) is 11.6 Å². The molecule has 5 rings (SSSR count). The fraction of sp³-hybridized carbons (Fsp3) is 0.471. The molecule has 2 aliphatic heterocycles. The Morgan fingerprint density at radius 1 is 1.38 bits per heavy atom. The third-order valence-electron chi connectivity index (χ3n) is 6.32. The van der Waals surface area contributed by atoms with E-state index in [9.17, 15) is 18.3 Å². The Balaban J connectivity index is 1.82. The molecule has 0 unspecified atom stereocenters. The number of piperidine rings is 1. The van der Waals surface area contributed by atoms with Gasteiger partial charge in [-0.3, -0.25) is 14.2 Å².